The number of carbonyl (C=O) groups is 1. The minimum absolute atomic E-state index is 0.00300. The van der Waals surface area contributed by atoms with Crippen LogP contribution >= 0.6 is 15.9 Å². The van der Waals surface area contributed by atoms with Crippen LogP contribution in [0.1, 0.15) is 58.4 Å². The molecule has 138 valence electrons. The predicted molar refractivity (Wildman–Crippen MR) is 101 cm³/mol. The van der Waals surface area contributed by atoms with Crippen LogP contribution in [-0.2, 0) is 10.3 Å². The maximum absolute atomic E-state index is 12.5. The first-order chi connectivity index (χ1) is 11.6. The number of benzene rings is 1. The van der Waals surface area contributed by atoms with E-state index in [4.69, 9.17) is 4.74 Å². The number of hydrogen-bond donors (Lipinski definition) is 1. The first kappa shape index (κ1) is 18.7. The minimum atomic E-state index is -0.794. The van der Waals surface area contributed by atoms with E-state index < -0.39 is 11.2 Å². The highest BCUT2D eigenvalue weighted by molar-refractivity contribution is 9.10. The summed E-state index contributed by atoms with van der Waals surface area (Å²) < 4.78 is 6.56. The molecule has 1 N–H and O–H groups in total. The van der Waals surface area contributed by atoms with Crippen molar-refractivity contribution in [3.05, 3.63) is 34.3 Å². The highest BCUT2D eigenvalue weighted by atomic mass is 79.9. The molecule has 1 saturated heterocycles. The predicted octanol–water partition coefficient (Wildman–Crippen LogP) is 4.84. The van der Waals surface area contributed by atoms with Crippen LogP contribution in [0.25, 0.3) is 0 Å². The first-order valence-corrected chi connectivity index (χ1v) is 9.87. The average molecular weight is 410 g/mol. The topological polar surface area (TPSA) is 49.8 Å². The molecule has 3 rings (SSSR count). The van der Waals surface area contributed by atoms with Gasteiger partial charge in [0, 0.05) is 17.6 Å². The standard InChI is InChI=1S/C20H28BrNO3/c1-18(2,3)25-17(23)22-12-4-9-19(14-22)10-11-20(24,13-19)15-5-7-16(21)8-6-15/h5-8,24H,4,9-14H2,1-3H3. The van der Waals surface area contributed by atoms with Crippen LogP contribution in [0.5, 0.6) is 0 Å². The third-order valence-electron chi connectivity index (χ3n) is 5.43. The minimum Gasteiger partial charge on any atom is -0.444 e. The second kappa shape index (κ2) is 6.58. The van der Waals surface area contributed by atoms with Gasteiger partial charge in [-0.3, -0.25) is 0 Å². The molecule has 1 saturated carbocycles. The van der Waals surface area contributed by atoms with E-state index in [9.17, 15) is 9.90 Å². The Hall–Kier alpha value is -1.07. The Morgan fingerprint density at radius 1 is 1.20 bits per heavy atom. The molecule has 4 nitrogen and oxygen atoms in total. The van der Waals surface area contributed by atoms with Gasteiger partial charge in [0.15, 0.2) is 0 Å². The molecule has 25 heavy (non-hydrogen) atoms. The van der Waals surface area contributed by atoms with Gasteiger partial charge in [-0.1, -0.05) is 28.1 Å². The van der Waals surface area contributed by atoms with Gasteiger partial charge in [-0.05, 0) is 76.0 Å². The molecule has 1 aliphatic heterocycles. The monoisotopic (exact) mass is 409 g/mol. The zero-order valence-electron chi connectivity index (χ0n) is 15.3. The number of halogens is 1. The van der Waals surface area contributed by atoms with Crippen molar-refractivity contribution in [2.24, 2.45) is 5.41 Å². The maximum atomic E-state index is 12.5. The number of hydrogen-bond acceptors (Lipinski definition) is 3. The molecule has 5 heteroatoms. The molecule has 0 aromatic heterocycles. The molecule has 2 fully saturated rings. The van der Waals surface area contributed by atoms with Crippen LogP contribution in [0.2, 0.25) is 0 Å². The van der Waals surface area contributed by atoms with Crippen molar-refractivity contribution in [1.29, 1.82) is 0 Å². The average Bonchev–Trinajstić information content (AvgIpc) is 2.84. The van der Waals surface area contributed by atoms with Crippen molar-refractivity contribution < 1.29 is 14.6 Å². The van der Waals surface area contributed by atoms with E-state index in [1.165, 1.54) is 0 Å². The number of rotatable bonds is 1. The lowest BCUT2D eigenvalue weighted by molar-refractivity contribution is -0.00903. The summed E-state index contributed by atoms with van der Waals surface area (Å²) in [7, 11) is 0. The fourth-order valence-corrected chi connectivity index (χ4v) is 4.58. The van der Waals surface area contributed by atoms with E-state index in [0.717, 1.165) is 42.3 Å². The Bertz CT molecular complexity index is 639. The quantitative estimate of drug-likeness (QED) is 0.721. The smallest absolute Gasteiger partial charge is 0.410 e. The van der Waals surface area contributed by atoms with E-state index in [1.54, 1.807) is 0 Å². The summed E-state index contributed by atoms with van der Waals surface area (Å²) >= 11 is 3.45. The summed E-state index contributed by atoms with van der Waals surface area (Å²) in [5.41, 5.74) is -0.300. The van der Waals surface area contributed by atoms with Crippen LogP contribution in [-0.4, -0.2) is 34.8 Å². The zero-order chi connectivity index (χ0) is 18.3. The van der Waals surface area contributed by atoms with Gasteiger partial charge in [0.2, 0.25) is 0 Å². The molecule has 2 aliphatic rings. The maximum Gasteiger partial charge on any atom is 0.410 e. The Balaban J connectivity index is 1.72. The van der Waals surface area contributed by atoms with Crippen molar-refractivity contribution in [2.45, 2.75) is 64.1 Å². The Morgan fingerprint density at radius 3 is 2.52 bits per heavy atom. The second-order valence-electron chi connectivity index (χ2n) is 8.72. The molecule has 0 radical (unpaired) electrons. The highest BCUT2D eigenvalue weighted by Gasteiger charge is 2.50. The van der Waals surface area contributed by atoms with Crippen molar-refractivity contribution in [3.8, 4) is 0 Å². The van der Waals surface area contributed by atoms with Crippen LogP contribution < -0.4 is 0 Å². The molecule has 1 amide bonds. The van der Waals surface area contributed by atoms with Gasteiger partial charge in [-0.25, -0.2) is 4.79 Å². The Kier molecular flexibility index (Phi) is 4.93. The van der Waals surface area contributed by atoms with Crippen LogP contribution in [0, 0.1) is 5.41 Å². The number of amides is 1. The number of aliphatic hydroxyl groups is 1. The number of carbonyl (C=O) groups excluding carboxylic acids is 1. The van der Waals surface area contributed by atoms with Crippen molar-refractivity contribution in [2.75, 3.05) is 13.1 Å². The van der Waals surface area contributed by atoms with Crippen molar-refractivity contribution >= 4 is 22.0 Å². The molecule has 1 heterocycles. The highest BCUT2D eigenvalue weighted by Crippen LogP contribution is 2.53. The van der Waals surface area contributed by atoms with Crippen LogP contribution in [0.3, 0.4) is 0 Å². The molecule has 1 spiro atoms. The molecule has 1 aliphatic carbocycles. The number of nitrogens with zero attached hydrogens (tertiary/aromatic N) is 1. The van der Waals surface area contributed by atoms with Gasteiger partial charge in [0.25, 0.3) is 0 Å². The van der Waals surface area contributed by atoms with E-state index in [1.807, 2.05) is 49.9 Å². The Morgan fingerprint density at radius 2 is 1.88 bits per heavy atom. The summed E-state index contributed by atoms with van der Waals surface area (Å²) in [5.74, 6) is 0. The number of likely N-dealkylation sites (tertiary alicyclic amines) is 1. The van der Waals surface area contributed by atoms with Gasteiger partial charge >= 0.3 is 6.09 Å². The van der Waals surface area contributed by atoms with Crippen molar-refractivity contribution in [1.82, 2.24) is 4.90 Å². The van der Waals surface area contributed by atoms with E-state index in [-0.39, 0.29) is 11.5 Å². The fraction of sp³-hybridized carbons (Fsp3) is 0.650. The molecule has 0 bridgehead atoms. The molecular weight excluding hydrogens is 382 g/mol. The number of ether oxygens (including phenoxy) is 1. The summed E-state index contributed by atoms with van der Waals surface area (Å²) in [4.78, 5) is 14.3. The number of piperidine rings is 1. The first-order valence-electron chi connectivity index (χ1n) is 9.07. The summed E-state index contributed by atoms with van der Waals surface area (Å²) in [6.45, 7) is 7.11. The third-order valence-corrected chi connectivity index (χ3v) is 5.96. The lowest BCUT2D eigenvalue weighted by Crippen LogP contribution is -2.47. The van der Waals surface area contributed by atoms with E-state index >= 15 is 0 Å². The van der Waals surface area contributed by atoms with Gasteiger partial charge in [-0.2, -0.15) is 0 Å². The third kappa shape index (κ3) is 4.20. The van der Waals surface area contributed by atoms with Crippen molar-refractivity contribution in [3.63, 3.8) is 0 Å². The molecule has 2 unspecified atom stereocenters. The van der Waals surface area contributed by atoms with Crippen LogP contribution in [0.4, 0.5) is 4.79 Å². The SMILES string of the molecule is CC(C)(C)OC(=O)N1CCCC2(CCC(O)(c3ccc(Br)cc3)C2)C1. The Labute approximate surface area is 158 Å². The fourth-order valence-electron chi connectivity index (χ4n) is 4.31. The normalized spacial score (nSPS) is 29.9. The molecular formula is C20H28BrNO3. The zero-order valence-corrected chi connectivity index (χ0v) is 16.9. The van der Waals surface area contributed by atoms with Gasteiger partial charge < -0.3 is 14.7 Å². The van der Waals surface area contributed by atoms with Gasteiger partial charge in [0.1, 0.15) is 5.60 Å². The molecule has 1 aromatic rings. The van der Waals surface area contributed by atoms with E-state index in [2.05, 4.69) is 15.9 Å². The molecule has 1 aromatic carbocycles. The van der Waals surface area contributed by atoms with E-state index in [0.29, 0.717) is 13.0 Å². The summed E-state index contributed by atoms with van der Waals surface area (Å²) in [6, 6.07) is 7.95. The largest absolute Gasteiger partial charge is 0.444 e. The summed E-state index contributed by atoms with van der Waals surface area (Å²) in [5, 5.41) is 11.2. The molecule has 2 atom stereocenters. The van der Waals surface area contributed by atoms with Gasteiger partial charge in [0.05, 0.1) is 5.60 Å². The lowest BCUT2D eigenvalue weighted by atomic mass is 9.76. The lowest BCUT2D eigenvalue weighted by Gasteiger charge is -2.41. The van der Waals surface area contributed by atoms with Gasteiger partial charge in [-0.15, -0.1) is 0 Å². The summed E-state index contributed by atoms with van der Waals surface area (Å²) in [6.07, 6.45) is 4.20. The second-order valence-corrected chi connectivity index (χ2v) is 9.64. The van der Waals surface area contributed by atoms with Crippen LogP contribution in [0.15, 0.2) is 28.7 Å².